The number of nitrogens with one attached hydrogen (secondary N) is 1. The van der Waals surface area contributed by atoms with Crippen molar-refractivity contribution in [2.45, 2.75) is 50.4 Å². The number of carbonyl (C=O) groups is 1. The first-order valence-corrected chi connectivity index (χ1v) is 10.1. The molecule has 4 rings (SSSR count). The van der Waals surface area contributed by atoms with Crippen molar-refractivity contribution in [1.29, 1.82) is 0 Å². The van der Waals surface area contributed by atoms with E-state index in [2.05, 4.69) is 10.2 Å². The molecule has 148 valence electrons. The Balaban J connectivity index is 1.57. The third kappa shape index (κ3) is 3.04. The lowest BCUT2D eigenvalue weighted by Gasteiger charge is -2.46. The van der Waals surface area contributed by atoms with Crippen LogP contribution in [0.4, 0.5) is 5.69 Å². The van der Waals surface area contributed by atoms with Crippen molar-refractivity contribution in [3.8, 4) is 0 Å². The summed E-state index contributed by atoms with van der Waals surface area (Å²) in [6, 6.07) is 15.5. The number of benzene rings is 2. The Morgan fingerprint density at radius 3 is 2.50 bits per heavy atom. The molecule has 0 saturated carbocycles. The normalized spacial score (nSPS) is 23.7. The summed E-state index contributed by atoms with van der Waals surface area (Å²) in [6.07, 6.45) is 1.67. The van der Waals surface area contributed by atoms with Gasteiger partial charge < -0.3 is 15.5 Å². The Labute approximate surface area is 166 Å². The van der Waals surface area contributed by atoms with Gasteiger partial charge in [-0.25, -0.2) is 0 Å². The highest BCUT2D eigenvalue weighted by Gasteiger charge is 2.42. The molecule has 2 aliphatic rings. The van der Waals surface area contributed by atoms with Crippen LogP contribution in [0.2, 0.25) is 0 Å². The molecule has 3 N–H and O–H groups in total. The lowest BCUT2D eigenvalue weighted by molar-refractivity contribution is -0.153. The maximum absolute atomic E-state index is 12.0. The summed E-state index contributed by atoms with van der Waals surface area (Å²) >= 11 is 0. The van der Waals surface area contributed by atoms with Crippen LogP contribution in [0.3, 0.4) is 0 Å². The van der Waals surface area contributed by atoms with Crippen LogP contribution in [0.25, 0.3) is 0 Å². The van der Waals surface area contributed by atoms with Crippen molar-refractivity contribution in [3.63, 3.8) is 0 Å². The number of piperidine rings is 1. The Kier molecular flexibility index (Phi) is 4.78. The molecule has 2 heterocycles. The highest BCUT2D eigenvalue weighted by molar-refractivity contribution is 6.02. The number of anilines is 1. The summed E-state index contributed by atoms with van der Waals surface area (Å²) in [5.74, 6) is -0.210. The van der Waals surface area contributed by atoms with Gasteiger partial charge in [0.25, 0.3) is 0 Å². The molecule has 1 fully saturated rings. The zero-order valence-corrected chi connectivity index (χ0v) is 16.5. The minimum atomic E-state index is -1.11. The number of nitrogens with zero attached hydrogens (tertiary/aromatic N) is 1. The standard InChI is InChI=1S/C23H28N2O3/c1-3-23(28,18-9-10-20-19(15-18)16(2)21(26)24-20)25-13-11-22(27,12-14-25)17-7-5-4-6-8-17/h4-10,15-16,27-28H,3,11-14H2,1-2H3,(H,24,26)/t16?,23-/m0/s1. The number of fused-ring (bicyclic) bond motifs is 1. The molecule has 0 aromatic heterocycles. The van der Waals surface area contributed by atoms with Crippen LogP contribution in [0.1, 0.15) is 55.7 Å². The summed E-state index contributed by atoms with van der Waals surface area (Å²) in [4.78, 5) is 14.0. The van der Waals surface area contributed by atoms with Crippen molar-refractivity contribution < 1.29 is 15.0 Å². The molecule has 1 unspecified atom stereocenters. The van der Waals surface area contributed by atoms with Gasteiger partial charge in [0.2, 0.25) is 5.91 Å². The van der Waals surface area contributed by atoms with E-state index >= 15 is 0 Å². The van der Waals surface area contributed by atoms with E-state index in [9.17, 15) is 15.0 Å². The van der Waals surface area contributed by atoms with Crippen LogP contribution in [-0.2, 0) is 16.1 Å². The molecule has 2 atom stereocenters. The van der Waals surface area contributed by atoms with Crippen molar-refractivity contribution in [3.05, 3.63) is 65.2 Å². The molecule has 0 spiro atoms. The second-order valence-electron chi connectivity index (χ2n) is 8.07. The first kappa shape index (κ1) is 19.1. The van der Waals surface area contributed by atoms with Gasteiger partial charge in [0, 0.05) is 18.8 Å². The molecular formula is C23H28N2O3. The molecular weight excluding hydrogens is 352 g/mol. The predicted octanol–water partition coefficient (Wildman–Crippen LogP) is 3.28. The second-order valence-corrected chi connectivity index (χ2v) is 8.07. The van der Waals surface area contributed by atoms with Crippen LogP contribution in [0.15, 0.2) is 48.5 Å². The predicted molar refractivity (Wildman–Crippen MR) is 109 cm³/mol. The summed E-state index contributed by atoms with van der Waals surface area (Å²) < 4.78 is 0. The number of hydrogen-bond acceptors (Lipinski definition) is 4. The van der Waals surface area contributed by atoms with Gasteiger partial charge in [0.05, 0.1) is 11.5 Å². The molecule has 5 heteroatoms. The quantitative estimate of drug-likeness (QED) is 0.761. The molecule has 2 aromatic carbocycles. The molecule has 0 aliphatic carbocycles. The van der Waals surface area contributed by atoms with Crippen LogP contribution >= 0.6 is 0 Å². The molecule has 0 radical (unpaired) electrons. The molecule has 2 aromatic rings. The van der Waals surface area contributed by atoms with Gasteiger partial charge in [-0.3, -0.25) is 9.69 Å². The first-order chi connectivity index (χ1) is 13.4. The number of likely N-dealkylation sites (tertiary alicyclic amines) is 1. The SMILES string of the molecule is CC[C@](O)(c1ccc2c(c1)C(C)C(=O)N2)N1CCC(O)(c2ccccc2)CC1. The van der Waals surface area contributed by atoms with E-state index in [4.69, 9.17) is 0 Å². The fourth-order valence-electron chi connectivity index (χ4n) is 4.56. The summed E-state index contributed by atoms with van der Waals surface area (Å²) in [5.41, 5.74) is 1.55. The fourth-order valence-corrected chi connectivity index (χ4v) is 4.56. The highest BCUT2D eigenvalue weighted by atomic mass is 16.3. The van der Waals surface area contributed by atoms with Gasteiger partial charge in [-0.1, -0.05) is 43.3 Å². The number of aliphatic hydroxyl groups is 2. The van der Waals surface area contributed by atoms with E-state index in [0.29, 0.717) is 32.4 Å². The highest BCUT2D eigenvalue weighted by Crippen LogP contribution is 2.41. The van der Waals surface area contributed by atoms with E-state index in [1.807, 2.05) is 62.4 Å². The number of amides is 1. The van der Waals surface area contributed by atoms with Gasteiger partial charge in [0.1, 0.15) is 5.72 Å². The topological polar surface area (TPSA) is 72.8 Å². The molecule has 1 amide bonds. The van der Waals surface area contributed by atoms with E-state index in [1.54, 1.807) is 0 Å². The minimum absolute atomic E-state index is 0.00177. The fraction of sp³-hybridized carbons (Fsp3) is 0.435. The third-order valence-corrected chi connectivity index (χ3v) is 6.55. The lowest BCUT2D eigenvalue weighted by atomic mass is 9.82. The van der Waals surface area contributed by atoms with Crippen LogP contribution in [0.5, 0.6) is 0 Å². The first-order valence-electron chi connectivity index (χ1n) is 10.1. The van der Waals surface area contributed by atoms with E-state index in [-0.39, 0.29) is 11.8 Å². The van der Waals surface area contributed by atoms with Crippen molar-refractivity contribution in [2.24, 2.45) is 0 Å². The van der Waals surface area contributed by atoms with Gasteiger partial charge in [-0.05, 0) is 55.0 Å². The van der Waals surface area contributed by atoms with Gasteiger partial charge in [-0.15, -0.1) is 0 Å². The summed E-state index contributed by atoms with van der Waals surface area (Å²) in [6.45, 7) is 5.05. The van der Waals surface area contributed by atoms with Crippen molar-refractivity contribution in [2.75, 3.05) is 18.4 Å². The van der Waals surface area contributed by atoms with Crippen molar-refractivity contribution in [1.82, 2.24) is 4.90 Å². The Bertz CT molecular complexity index is 875. The molecule has 28 heavy (non-hydrogen) atoms. The average Bonchev–Trinajstić information content (AvgIpc) is 3.02. The van der Waals surface area contributed by atoms with E-state index < -0.39 is 11.3 Å². The monoisotopic (exact) mass is 380 g/mol. The number of hydrogen-bond donors (Lipinski definition) is 3. The average molecular weight is 380 g/mol. The Hall–Kier alpha value is -2.21. The Morgan fingerprint density at radius 1 is 1.18 bits per heavy atom. The lowest BCUT2D eigenvalue weighted by Crippen LogP contribution is -2.52. The molecule has 2 aliphatic heterocycles. The smallest absolute Gasteiger partial charge is 0.231 e. The zero-order valence-electron chi connectivity index (χ0n) is 16.5. The summed E-state index contributed by atoms with van der Waals surface area (Å²) in [5, 5.41) is 25.6. The number of carbonyl (C=O) groups excluding carboxylic acids is 1. The minimum Gasteiger partial charge on any atom is -0.385 e. The van der Waals surface area contributed by atoms with E-state index in [1.165, 1.54) is 0 Å². The largest absolute Gasteiger partial charge is 0.385 e. The second kappa shape index (κ2) is 6.99. The molecule has 5 nitrogen and oxygen atoms in total. The van der Waals surface area contributed by atoms with Crippen LogP contribution in [0, 0.1) is 0 Å². The maximum Gasteiger partial charge on any atom is 0.231 e. The van der Waals surface area contributed by atoms with Crippen LogP contribution < -0.4 is 5.32 Å². The molecule has 1 saturated heterocycles. The zero-order chi connectivity index (χ0) is 19.9. The van der Waals surface area contributed by atoms with Gasteiger partial charge >= 0.3 is 0 Å². The van der Waals surface area contributed by atoms with E-state index in [0.717, 1.165) is 22.4 Å². The van der Waals surface area contributed by atoms with Crippen LogP contribution in [-0.4, -0.2) is 34.1 Å². The summed E-state index contributed by atoms with van der Waals surface area (Å²) in [7, 11) is 0. The van der Waals surface area contributed by atoms with Crippen molar-refractivity contribution >= 4 is 11.6 Å². The maximum atomic E-state index is 12.0. The third-order valence-electron chi connectivity index (χ3n) is 6.55. The van der Waals surface area contributed by atoms with Gasteiger partial charge in [0.15, 0.2) is 0 Å². The number of rotatable bonds is 4. The Morgan fingerprint density at radius 2 is 1.86 bits per heavy atom. The molecule has 0 bridgehead atoms. The van der Waals surface area contributed by atoms with Gasteiger partial charge in [-0.2, -0.15) is 0 Å².